The number of carbonyl (C=O) groups is 1. The molecule has 3 N–H and O–H groups in total. The minimum absolute atomic E-state index is 0.123. The molecule has 2 aromatic heterocycles. The van der Waals surface area contributed by atoms with Gasteiger partial charge < -0.3 is 14.7 Å². The molecular formula is C12H17N5O3S. The normalized spacial score (nSPS) is 11.6. The van der Waals surface area contributed by atoms with E-state index in [9.17, 15) is 4.79 Å². The molecule has 0 bridgehead atoms. The molecule has 2 heterocycles. The van der Waals surface area contributed by atoms with Crippen molar-refractivity contribution in [2.24, 2.45) is 5.73 Å². The van der Waals surface area contributed by atoms with Crippen LogP contribution in [0.15, 0.2) is 20.2 Å². The van der Waals surface area contributed by atoms with E-state index in [0.29, 0.717) is 17.0 Å². The molecule has 1 amide bonds. The third-order valence-corrected chi connectivity index (χ3v) is 3.31. The van der Waals surface area contributed by atoms with Gasteiger partial charge in [0.05, 0.1) is 18.0 Å². The second-order valence-corrected chi connectivity index (χ2v) is 6.26. The van der Waals surface area contributed by atoms with Gasteiger partial charge in [0.15, 0.2) is 0 Å². The largest absolute Gasteiger partial charge is 0.415 e. The minimum atomic E-state index is -0.246. The van der Waals surface area contributed by atoms with Gasteiger partial charge in [-0.05, 0) is 0 Å². The lowest BCUT2D eigenvalue weighted by Gasteiger charge is -2.12. The first-order chi connectivity index (χ1) is 9.88. The Labute approximate surface area is 125 Å². The summed E-state index contributed by atoms with van der Waals surface area (Å²) in [5.74, 6) is 0.531. The lowest BCUT2D eigenvalue weighted by molar-refractivity contribution is -0.113. The summed E-state index contributed by atoms with van der Waals surface area (Å²) in [4.78, 5) is 11.8. The van der Waals surface area contributed by atoms with Crippen LogP contribution in [-0.2, 0) is 16.8 Å². The molecule has 0 fully saturated rings. The van der Waals surface area contributed by atoms with E-state index in [-0.39, 0.29) is 23.6 Å². The summed E-state index contributed by atoms with van der Waals surface area (Å²) in [7, 11) is 0. The summed E-state index contributed by atoms with van der Waals surface area (Å²) in [6, 6.07) is 1.71. The third kappa shape index (κ3) is 4.30. The van der Waals surface area contributed by atoms with Crippen LogP contribution in [0.25, 0.3) is 0 Å². The van der Waals surface area contributed by atoms with Crippen molar-refractivity contribution >= 4 is 23.6 Å². The zero-order valence-corrected chi connectivity index (χ0v) is 12.9. The molecule has 114 valence electrons. The maximum absolute atomic E-state index is 11.8. The fraction of sp³-hybridized carbons (Fsp3) is 0.500. The monoisotopic (exact) mass is 311 g/mol. The van der Waals surface area contributed by atoms with Crippen LogP contribution in [0.3, 0.4) is 0 Å². The van der Waals surface area contributed by atoms with Crippen LogP contribution >= 0.6 is 11.8 Å². The standard InChI is InChI=1S/C12H17N5O3S/c1-12(2,3)7-4-9(20-17-7)14-8(18)6-21-11-16-15-10(5-13)19-11/h4H,5-6,13H2,1-3H3,(H,14,18). The first-order valence-electron chi connectivity index (χ1n) is 6.31. The van der Waals surface area contributed by atoms with E-state index in [4.69, 9.17) is 14.7 Å². The molecule has 8 nitrogen and oxygen atoms in total. The van der Waals surface area contributed by atoms with Gasteiger partial charge in [0.1, 0.15) is 0 Å². The van der Waals surface area contributed by atoms with Gasteiger partial charge >= 0.3 is 0 Å². The first kappa shape index (κ1) is 15.5. The molecule has 9 heteroatoms. The summed E-state index contributed by atoms with van der Waals surface area (Å²) in [6.07, 6.45) is 0. The Bertz CT molecular complexity index is 616. The predicted octanol–water partition coefficient (Wildman–Crippen LogP) is 1.54. The molecule has 0 atom stereocenters. The summed E-state index contributed by atoms with van der Waals surface area (Å²) in [5, 5.41) is 14.3. The van der Waals surface area contributed by atoms with Crippen molar-refractivity contribution in [3.8, 4) is 0 Å². The van der Waals surface area contributed by atoms with E-state index in [0.717, 1.165) is 17.5 Å². The molecule has 0 aliphatic carbocycles. The van der Waals surface area contributed by atoms with Crippen molar-refractivity contribution in [3.63, 3.8) is 0 Å². The smallest absolute Gasteiger partial charge is 0.277 e. The lowest BCUT2D eigenvalue weighted by Crippen LogP contribution is -2.14. The molecule has 0 unspecified atom stereocenters. The van der Waals surface area contributed by atoms with Crippen molar-refractivity contribution < 1.29 is 13.7 Å². The van der Waals surface area contributed by atoms with Crippen molar-refractivity contribution in [2.45, 2.75) is 38.0 Å². The van der Waals surface area contributed by atoms with Gasteiger partial charge in [0.25, 0.3) is 5.22 Å². The maximum Gasteiger partial charge on any atom is 0.277 e. The molecule has 0 saturated heterocycles. The van der Waals surface area contributed by atoms with E-state index in [1.54, 1.807) is 6.07 Å². The minimum Gasteiger partial charge on any atom is -0.415 e. The number of anilines is 1. The Morgan fingerprint density at radius 2 is 2.19 bits per heavy atom. The van der Waals surface area contributed by atoms with Gasteiger partial charge in [-0.15, -0.1) is 10.2 Å². The van der Waals surface area contributed by atoms with Crippen LogP contribution in [0.2, 0.25) is 0 Å². The Balaban J connectivity index is 1.85. The van der Waals surface area contributed by atoms with Gasteiger partial charge in [-0.3, -0.25) is 10.1 Å². The second kappa shape index (κ2) is 6.27. The number of amides is 1. The molecule has 2 rings (SSSR count). The van der Waals surface area contributed by atoms with Gasteiger partial charge in [0.2, 0.25) is 17.7 Å². The van der Waals surface area contributed by atoms with Crippen molar-refractivity contribution in [3.05, 3.63) is 17.7 Å². The average molecular weight is 311 g/mol. The highest BCUT2D eigenvalue weighted by molar-refractivity contribution is 7.99. The van der Waals surface area contributed by atoms with Crippen molar-refractivity contribution in [1.29, 1.82) is 0 Å². The van der Waals surface area contributed by atoms with Crippen LogP contribution in [-0.4, -0.2) is 27.0 Å². The number of nitrogens with zero attached hydrogens (tertiary/aromatic N) is 3. The highest BCUT2D eigenvalue weighted by Crippen LogP contribution is 2.24. The molecule has 0 aromatic carbocycles. The molecule has 0 aliphatic rings. The number of nitrogens with two attached hydrogens (primary N) is 1. The molecule has 0 spiro atoms. The summed E-state index contributed by atoms with van der Waals surface area (Å²) in [6.45, 7) is 6.21. The number of aromatic nitrogens is 3. The van der Waals surface area contributed by atoms with Crippen molar-refractivity contribution in [1.82, 2.24) is 15.4 Å². The number of carbonyl (C=O) groups excluding carboxylic acids is 1. The summed E-state index contributed by atoms with van der Waals surface area (Å²) in [5.41, 5.74) is 5.99. The third-order valence-electron chi connectivity index (χ3n) is 2.49. The zero-order valence-electron chi connectivity index (χ0n) is 12.0. The molecule has 0 radical (unpaired) electrons. The second-order valence-electron chi connectivity index (χ2n) is 5.33. The fourth-order valence-corrected chi connectivity index (χ4v) is 1.95. The topological polar surface area (TPSA) is 120 Å². The van der Waals surface area contributed by atoms with Crippen molar-refractivity contribution in [2.75, 3.05) is 11.1 Å². The molecule has 0 aliphatic heterocycles. The van der Waals surface area contributed by atoms with Gasteiger partial charge in [-0.2, -0.15) is 0 Å². The van der Waals surface area contributed by atoms with Gasteiger partial charge in [-0.1, -0.05) is 37.7 Å². The summed E-state index contributed by atoms with van der Waals surface area (Å²) < 4.78 is 10.3. The number of hydrogen-bond donors (Lipinski definition) is 2. The first-order valence-corrected chi connectivity index (χ1v) is 7.29. The van der Waals surface area contributed by atoms with E-state index >= 15 is 0 Å². The average Bonchev–Trinajstić information content (AvgIpc) is 3.04. The van der Waals surface area contributed by atoms with E-state index in [2.05, 4.69) is 20.7 Å². The SMILES string of the molecule is CC(C)(C)c1cc(NC(=O)CSc2nnc(CN)o2)on1. The number of rotatable bonds is 5. The van der Waals surface area contributed by atoms with Crippen LogP contribution in [0.5, 0.6) is 0 Å². The Morgan fingerprint density at radius 1 is 1.43 bits per heavy atom. The molecule has 0 saturated carbocycles. The van der Waals surface area contributed by atoms with Gasteiger partial charge in [0, 0.05) is 11.5 Å². The van der Waals surface area contributed by atoms with Crippen LogP contribution in [0, 0.1) is 0 Å². The molecule has 21 heavy (non-hydrogen) atoms. The number of hydrogen-bond acceptors (Lipinski definition) is 8. The van der Waals surface area contributed by atoms with Crippen LogP contribution in [0.4, 0.5) is 5.88 Å². The lowest BCUT2D eigenvalue weighted by atomic mass is 9.92. The Kier molecular flexibility index (Phi) is 4.63. The van der Waals surface area contributed by atoms with Crippen LogP contribution < -0.4 is 11.1 Å². The highest BCUT2D eigenvalue weighted by Gasteiger charge is 2.19. The Morgan fingerprint density at radius 3 is 2.76 bits per heavy atom. The quantitative estimate of drug-likeness (QED) is 0.798. The Hall–Kier alpha value is -1.87. The fourth-order valence-electron chi connectivity index (χ4n) is 1.37. The summed E-state index contributed by atoms with van der Waals surface area (Å²) >= 11 is 1.13. The van der Waals surface area contributed by atoms with Crippen LogP contribution in [0.1, 0.15) is 32.4 Å². The van der Waals surface area contributed by atoms with E-state index < -0.39 is 0 Å². The maximum atomic E-state index is 11.8. The van der Waals surface area contributed by atoms with E-state index in [1.165, 1.54) is 0 Å². The number of thioether (sulfide) groups is 1. The van der Waals surface area contributed by atoms with Gasteiger partial charge in [-0.25, -0.2) is 0 Å². The molecular weight excluding hydrogens is 294 g/mol. The predicted molar refractivity (Wildman–Crippen MR) is 76.7 cm³/mol. The molecule has 2 aromatic rings. The zero-order chi connectivity index (χ0) is 15.5. The highest BCUT2D eigenvalue weighted by atomic mass is 32.2. The van der Waals surface area contributed by atoms with E-state index in [1.807, 2.05) is 20.8 Å². The number of nitrogens with one attached hydrogen (secondary N) is 1.